The standard InChI is InChI=1S/C21H23N5O2/c1-28-16-8-6-15(7-9-16)23-20-17-4-2-3-5-18(17)24-21(25-20)26-12-10-14(11-13-26)19(22)27/h2-9,14H,10-13H2,1H3,(H2,22,27)(H,23,24,25). The Morgan fingerprint density at radius 3 is 2.50 bits per heavy atom. The molecule has 2 heterocycles. The van der Waals surface area contributed by atoms with Crippen molar-refractivity contribution < 1.29 is 9.53 Å². The number of ether oxygens (including phenoxy) is 1. The molecule has 0 radical (unpaired) electrons. The van der Waals surface area contributed by atoms with E-state index in [1.807, 2.05) is 48.5 Å². The van der Waals surface area contributed by atoms with Crippen LogP contribution in [0.4, 0.5) is 17.5 Å². The molecule has 2 aromatic carbocycles. The summed E-state index contributed by atoms with van der Waals surface area (Å²) in [7, 11) is 1.65. The van der Waals surface area contributed by atoms with Crippen molar-refractivity contribution in [3.63, 3.8) is 0 Å². The highest BCUT2D eigenvalue weighted by atomic mass is 16.5. The van der Waals surface area contributed by atoms with E-state index in [1.165, 1.54) is 0 Å². The number of hydrogen-bond donors (Lipinski definition) is 2. The van der Waals surface area contributed by atoms with E-state index >= 15 is 0 Å². The first-order chi connectivity index (χ1) is 13.6. The van der Waals surface area contributed by atoms with Gasteiger partial charge in [0.1, 0.15) is 11.6 Å². The lowest BCUT2D eigenvalue weighted by Crippen LogP contribution is -2.39. The van der Waals surface area contributed by atoms with Crippen molar-refractivity contribution >= 4 is 34.3 Å². The normalized spacial score (nSPS) is 14.8. The van der Waals surface area contributed by atoms with Gasteiger partial charge in [-0.25, -0.2) is 4.98 Å². The maximum atomic E-state index is 11.4. The number of amides is 1. The zero-order chi connectivity index (χ0) is 19.5. The van der Waals surface area contributed by atoms with Crippen LogP contribution in [-0.2, 0) is 4.79 Å². The van der Waals surface area contributed by atoms with E-state index in [0.29, 0.717) is 19.0 Å². The third kappa shape index (κ3) is 3.69. The number of carbonyl (C=O) groups is 1. The number of benzene rings is 2. The molecule has 0 bridgehead atoms. The molecule has 1 fully saturated rings. The molecule has 4 rings (SSSR count). The molecule has 28 heavy (non-hydrogen) atoms. The van der Waals surface area contributed by atoms with Gasteiger partial charge in [-0.2, -0.15) is 4.98 Å². The summed E-state index contributed by atoms with van der Waals surface area (Å²) in [6.45, 7) is 1.43. The van der Waals surface area contributed by atoms with E-state index in [-0.39, 0.29) is 11.8 Å². The van der Waals surface area contributed by atoms with Crippen LogP contribution in [0.25, 0.3) is 10.9 Å². The van der Waals surface area contributed by atoms with Gasteiger partial charge in [0.25, 0.3) is 0 Å². The number of primary amides is 1. The number of aromatic nitrogens is 2. The monoisotopic (exact) mass is 377 g/mol. The number of fused-ring (bicyclic) bond motifs is 1. The molecule has 0 aliphatic carbocycles. The lowest BCUT2D eigenvalue weighted by molar-refractivity contribution is -0.122. The van der Waals surface area contributed by atoms with Gasteiger partial charge in [-0.15, -0.1) is 0 Å². The number of nitrogens with zero attached hydrogens (tertiary/aromatic N) is 3. The van der Waals surface area contributed by atoms with Crippen LogP contribution in [0.5, 0.6) is 5.75 Å². The molecule has 144 valence electrons. The predicted molar refractivity (Wildman–Crippen MR) is 110 cm³/mol. The molecule has 1 amide bonds. The molecule has 1 saturated heterocycles. The molecular weight excluding hydrogens is 354 g/mol. The fraction of sp³-hybridized carbons (Fsp3) is 0.286. The zero-order valence-corrected chi connectivity index (χ0v) is 15.8. The summed E-state index contributed by atoms with van der Waals surface area (Å²) in [5.74, 6) is 1.94. The Hall–Kier alpha value is -3.35. The van der Waals surface area contributed by atoms with Crippen LogP contribution < -0.4 is 20.7 Å². The molecule has 0 unspecified atom stereocenters. The highest BCUT2D eigenvalue weighted by molar-refractivity contribution is 5.91. The second kappa shape index (κ2) is 7.72. The minimum atomic E-state index is -0.221. The first kappa shape index (κ1) is 18.0. The third-order valence-electron chi connectivity index (χ3n) is 5.12. The van der Waals surface area contributed by atoms with E-state index in [2.05, 4.69) is 10.2 Å². The van der Waals surface area contributed by atoms with Crippen molar-refractivity contribution in [2.45, 2.75) is 12.8 Å². The van der Waals surface area contributed by atoms with Crippen molar-refractivity contribution in [3.05, 3.63) is 48.5 Å². The maximum Gasteiger partial charge on any atom is 0.227 e. The van der Waals surface area contributed by atoms with Crippen molar-refractivity contribution in [2.75, 3.05) is 30.4 Å². The second-order valence-electron chi connectivity index (χ2n) is 6.91. The van der Waals surface area contributed by atoms with Gasteiger partial charge >= 0.3 is 0 Å². The second-order valence-corrected chi connectivity index (χ2v) is 6.91. The molecule has 3 N–H and O–H groups in total. The van der Waals surface area contributed by atoms with Gasteiger partial charge in [0.15, 0.2) is 0 Å². The van der Waals surface area contributed by atoms with Crippen LogP contribution in [0.3, 0.4) is 0 Å². The van der Waals surface area contributed by atoms with Gasteiger partial charge in [0.2, 0.25) is 11.9 Å². The number of para-hydroxylation sites is 1. The van der Waals surface area contributed by atoms with Crippen molar-refractivity contribution in [1.82, 2.24) is 9.97 Å². The first-order valence-corrected chi connectivity index (χ1v) is 9.36. The van der Waals surface area contributed by atoms with Crippen LogP contribution in [-0.4, -0.2) is 36.1 Å². The Bertz CT molecular complexity index is 982. The predicted octanol–water partition coefficient (Wildman–Crippen LogP) is 3.08. The zero-order valence-electron chi connectivity index (χ0n) is 15.8. The molecular formula is C21H23N5O2. The van der Waals surface area contributed by atoms with Crippen LogP contribution in [0.1, 0.15) is 12.8 Å². The Balaban J connectivity index is 1.64. The van der Waals surface area contributed by atoms with Gasteiger partial charge < -0.3 is 20.7 Å². The van der Waals surface area contributed by atoms with Gasteiger partial charge in [-0.05, 0) is 49.2 Å². The van der Waals surface area contributed by atoms with Gasteiger partial charge in [-0.1, -0.05) is 12.1 Å². The number of methoxy groups -OCH3 is 1. The Kier molecular flexibility index (Phi) is 4.97. The SMILES string of the molecule is COc1ccc(Nc2nc(N3CCC(C(N)=O)CC3)nc3ccccc23)cc1. The summed E-state index contributed by atoms with van der Waals surface area (Å²) in [5.41, 5.74) is 7.24. The van der Waals surface area contributed by atoms with E-state index < -0.39 is 0 Å². The fourth-order valence-corrected chi connectivity index (χ4v) is 3.48. The molecule has 1 aliphatic heterocycles. The Morgan fingerprint density at radius 2 is 1.82 bits per heavy atom. The van der Waals surface area contributed by atoms with E-state index in [0.717, 1.165) is 41.0 Å². The van der Waals surface area contributed by atoms with Gasteiger partial charge in [0, 0.05) is 30.1 Å². The van der Waals surface area contributed by atoms with Crippen LogP contribution in [0.2, 0.25) is 0 Å². The third-order valence-corrected chi connectivity index (χ3v) is 5.12. The average molecular weight is 377 g/mol. The number of carbonyl (C=O) groups excluding carboxylic acids is 1. The highest BCUT2D eigenvalue weighted by Crippen LogP contribution is 2.29. The highest BCUT2D eigenvalue weighted by Gasteiger charge is 2.25. The largest absolute Gasteiger partial charge is 0.497 e. The number of nitrogens with two attached hydrogens (primary N) is 1. The van der Waals surface area contributed by atoms with Crippen LogP contribution in [0.15, 0.2) is 48.5 Å². The summed E-state index contributed by atoms with van der Waals surface area (Å²) in [6, 6.07) is 15.6. The van der Waals surface area contributed by atoms with Crippen molar-refractivity contribution in [2.24, 2.45) is 11.7 Å². The summed E-state index contributed by atoms with van der Waals surface area (Å²) in [5, 5.41) is 4.35. The summed E-state index contributed by atoms with van der Waals surface area (Å²) in [6.07, 6.45) is 1.46. The molecule has 1 aliphatic rings. The molecule has 0 saturated carbocycles. The minimum Gasteiger partial charge on any atom is -0.497 e. The molecule has 7 heteroatoms. The minimum absolute atomic E-state index is 0.0615. The lowest BCUT2D eigenvalue weighted by atomic mass is 9.96. The summed E-state index contributed by atoms with van der Waals surface area (Å²) >= 11 is 0. The van der Waals surface area contributed by atoms with E-state index in [1.54, 1.807) is 7.11 Å². The van der Waals surface area contributed by atoms with E-state index in [9.17, 15) is 4.79 Å². The molecule has 0 spiro atoms. The van der Waals surface area contributed by atoms with Crippen LogP contribution >= 0.6 is 0 Å². The van der Waals surface area contributed by atoms with Crippen molar-refractivity contribution in [3.8, 4) is 5.75 Å². The fourth-order valence-electron chi connectivity index (χ4n) is 3.48. The molecule has 0 atom stereocenters. The number of nitrogens with one attached hydrogen (secondary N) is 1. The molecule has 7 nitrogen and oxygen atoms in total. The number of piperidine rings is 1. The topological polar surface area (TPSA) is 93.4 Å². The lowest BCUT2D eigenvalue weighted by Gasteiger charge is -2.31. The summed E-state index contributed by atoms with van der Waals surface area (Å²) < 4.78 is 5.22. The number of anilines is 3. The van der Waals surface area contributed by atoms with Gasteiger partial charge in [0.05, 0.1) is 12.6 Å². The van der Waals surface area contributed by atoms with Crippen LogP contribution in [0, 0.1) is 5.92 Å². The number of hydrogen-bond acceptors (Lipinski definition) is 6. The maximum absolute atomic E-state index is 11.4. The smallest absolute Gasteiger partial charge is 0.227 e. The average Bonchev–Trinajstić information content (AvgIpc) is 2.74. The Labute approximate surface area is 163 Å². The molecule has 3 aromatic rings. The summed E-state index contributed by atoms with van der Waals surface area (Å²) in [4.78, 5) is 23.1. The molecule has 1 aromatic heterocycles. The van der Waals surface area contributed by atoms with Crippen molar-refractivity contribution in [1.29, 1.82) is 0 Å². The number of rotatable bonds is 5. The Morgan fingerprint density at radius 1 is 1.11 bits per heavy atom. The first-order valence-electron chi connectivity index (χ1n) is 9.36. The quantitative estimate of drug-likeness (QED) is 0.710. The van der Waals surface area contributed by atoms with E-state index in [4.69, 9.17) is 20.4 Å². The van der Waals surface area contributed by atoms with Gasteiger partial charge in [-0.3, -0.25) is 4.79 Å².